The maximum Gasteiger partial charge on any atom is 0.280 e. The highest BCUT2D eigenvalue weighted by Gasteiger charge is 2.21. The molecular weight excluding hydrogens is 444 g/mol. The number of benzene rings is 2. The molecule has 170 valence electrons. The second kappa shape index (κ2) is 9.33. The number of nitrogens with one attached hydrogen (secondary N) is 1. The van der Waals surface area contributed by atoms with Crippen molar-refractivity contribution in [3.8, 4) is 17.2 Å². The number of nitrogens with two attached hydrogens (primary N) is 1. The molecule has 2 aromatic carbocycles. The van der Waals surface area contributed by atoms with Crippen LogP contribution in [0.4, 0.5) is 11.5 Å². The monoisotopic (exact) mass is 466 g/mol. The summed E-state index contributed by atoms with van der Waals surface area (Å²) in [5, 5.41) is 11.3. The van der Waals surface area contributed by atoms with E-state index in [0.717, 1.165) is 11.1 Å². The number of halogens is 1. The molecule has 0 aliphatic carbocycles. The number of ether oxygens (including phenoxy) is 1. The zero-order chi connectivity index (χ0) is 23.5. The molecule has 2 heterocycles. The smallest absolute Gasteiger partial charge is 0.280 e. The number of hydrogen-bond donors (Lipinski definition) is 2. The van der Waals surface area contributed by atoms with Gasteiger partial charge in [-0.2, -0.15) is 0 Å². The van der Waals surface area contributed by atoms with E-state index in [-0.39, 0.29) is 18.1 Å². The number of carbonyl (C=O) groups excluding carboxylic acids is 1. The number of nitrogens with zero attached hydrogens (tertiary/aromatic N) is 4. The number of nitrogen functional groups attached to an aromatic ring is 1. The van der Waals surface area contributed by atoms with Crippen molar-refractivity contribution in [2.75, 3.05) is 17.7 Å². The summed E-state index contributed by atoms with van der Waals surface area (Å²) in [5.74, 6) is 1.35. The van der Waals surface area contributed by atoms with Crippen LogP contribution in [0.3, 0.4) is 0 Å². The van der Waals surface area contributed by atoms with Gasteiger partial charge in [0, 0.05) is 10.7 Å². The molecule has 0 aliphatic rings. The SMILES string of the molecule is CCOc1ccccc1-c1nc(Cn2nnc(C(=O)Nc3cc(Cl)ccc3C)c2N)c(C)o1. The fourth-order valence-corrected chi connectivity index (χ4v) is 3.44. The van der Waals surface area contributed by atoms with Crippen molar-refractivity contribution in [2.24, 2.45) is 0 Å². The summed E-state index contributed by atoms with van der Waals surface area (Å²) in [5.41, 5.74) is 8.99. The van der Waals surface area contributed by atoms with Gasteiger partial charge in [0.25, 0.3) is 5.91 Å². The number of carbonyl (C=O) groups is 1. The van der Waals surface area contributed by atoms with Gasteiger partial charge in [-0.05, 0) is 50.6 Å². The number of rotatable bonds is 7. The lowest BCUT2D eigenvalue weighted by Crippen LogP contribution is -2.16. The van der Waals surface area contributed by atoms with E-state index in [1.54, 1.807) is 19.1 Å². The Bertz CT molecular complexity index is 1310. The van der Waals surface area contributed by atoms with Gasteiger partial charge in [0.1, 0.15) is 17.2 Å². The third kappa shape index (κ3) is 4.68. The maximum absolute atomic E-state index is 12.7. The Morgan fingerprint density at radius 2 is 2.03 bits per heavy atom. The molecule has 4 rings (SSSR count). The van der Waals surface area contributed by atoms with Gasteiger partial charge in [0.2, 0.25) is 5.89 Å². The Labute approximate surface area is 195 Å². The van der Waals surface area contributed by atoms with E-state index >= 15 is 0 Å². The molecule has 0 saturated heterocycles. The molecule has 1 amide bonds. The molecule has 10 heteroatoms. The summed E-state index contributed by atoms with van der Waals surface area (Å²) in [6, 6.07) is 12.7. The number of para-hydroxylation sites is 1. The lowest BCUT2D eigenvalue weighted by Gasteiger charge is -2.08. The van der Waals surface area contributed by atoms with Crippen molar-refractivity contribution in [2.45, 2.75) is 27.3 Å². The first-order chi connectivity index (χ1) is 15.9. The average Bonchev–Trinajstić information content (AvgIpc) is 3.34. The molecular formula is C23H23ClN6O3. The number of amides is 1. The molecule has 0 bridgehead atoms. The Morgan fingerprint density at radius 3 is 2.82 bits per heavy atom. The zero-order valence-corrected chi connectivity index (χ0v) is 19.2. The van der Waals surface area contributed by atoms with E-state index in [1.165, 1.54) is 4.68 Å². The Kier molecular flexibility index (Phi) is 6.32. The summed E-state index contributed by atoms with van der Waals surface area (Å²) in [7, 11) is 0. The first-order valence-corrected chi connectivity index (χ1v) is 10.7. The van der Waals surface area contributed by atoms with Gasteiger partial charge in [0.15, 0.2) is 11.5 Å². The fraction of sp³-hybridized carbons (Fsp3) is 0.217. The Morgan fingerprint density at radius 1 is 1.24 bits per heavy atom. The molecule has 9 nitrogen and oxygen atoms in total. The van der Waals surface area contributed by atoms with Crippen LogP contribution in [0.1, 0.15) is 34.4 Å². The van der Waals surface area contributed by atoms with E-state index in [9.17, 15) is 4.79 Å². The van der Waals surface area contributed by atoms with E-state index in [0.29, 0.717) is 40.4 Å². The van der Waals surface area contributed by atoms with Crippen molar-refractivity contribution in [3.05, 3.63) is 70.2 Å². The van der Waals surface area contributed by atoms with Crippen LogP contribution in [0.2, 0.25) is 5.02 Å². The molecule has 0 unspecified atom stereocenters. The van der Waals surface area contributed by atoms with Gasteiger partial charge in [-0.3, -0.25) is 4.79 Å². The third-order valence-corrected chi connectivity index (χ3v) is 5.28. The van der Waals surface area contributed by atoms with Crippen LogP contribution >= 0.6 is 11.6 Å². The van der Waals surface area contributed by atoms with Crippen molar-refractivity contribution in [1.82, 2.24) is 20.0 Å². The normalized spacial score (nSPS) is 10.9. The predicted molar refractivity (Wildman–Crippen MR) is 126 cm³/mol. The largest absolute Gasteiger partial charge is 0.493 e. The summed E-state index contributed by atoms with van der Waals surface area (Å²) in [4.78, 5) is 17.3. The molecule has 4 aromatic rings. The molecule has 0 fully saturated rings. The Hall–Kier alpha value is -3.85. The standard InChI is InChI=1S/C23H23ClN6O3/c1-4-32-19-8-6-5-7-16(19)23-27-18(14(3)33-23)12-30-21(25)20(28-29-30)22(31)26-17-11-15(24)10-9-13(17)2/h5-11H,4,12,25H2,1-3H3,(H,26,31). The molecule has 0 spiro atoms. The third-order valence-electron chi connectivity index (χ3n) is 5.05. The second-order valence-electron chi connectivity index (χ2n) is 7.35. The number of hydrogen-bond acceptors (Lipinski definition) is 7. The minimum Gasteiger partial charge on any atom is -0.493 e. The minimum atomic E-state index is -0.479. The highest BCUT2D eigenvalue weighted by molar-refractivity contribution is 6.31. The first-order valence-electron chi connectivity index (χ1n) is 10.3. The van der Waals surface area contributed by atoms with Gasteiger partial charge in [0.05, 0.1) is 18.7 Å². The van der Waals surface area contributed by atoms with Gasteiger partial charge in [-0.25, -0.2) is 9.67 Å². The second-order valence-corrected chi connectivity index (χ2v) is 7.78. The summed E-state index contributed by atoms with van der Waals surface area (Å²) >= 11 is 6.03. The highest BCUT2D eigenvalue weighted by atomic mass is 35.5. The number of aromatic nitrogens is 4. The van der Waals surface area contributed by atoms with E-state index in [4.69, 9.17) is 26.5 Å². The summed E-state index contributed by atoms with van der Waals surface area (Å²) in [6.07, 6.45) is 0. The molecule has 0 radical (unpaired) electrons. The lowest BCUT2D eigenvalue weighted by molar-refractivity contribution is 0.102. The van der Waals surface area contributed by atoms with Crippen LogP contribution in [-0.4, -0.2) is 32.5 Å². The van der Waals surface area contributed by atoms with Gasteiger partial charge in [-0.1, -0.05) is 35.0 Å². The van der Waals surface area contributed by atoms with Gasteiger partial charge in [-0.15, -0.1) is 5.10 Å². The van der Waals surface area contributed by atoms with Crippen molar-refractivity contribution >= 4 is 29.0 Å². The van der Waals surface area contributed by atoms with Crippen LogP contribution in [0, 0.1) is 13.8 Å². The minimum absolute atomic E-state index is 0.0115. The first kappa shape index (κ1) is 22.3. The fourth-order valence-electron chi connectivity index (χ4n) is 3.27. The van der Waals surface area contributed by atoms with Crippen LogP contribution in [0.5, 0.6) is 5.75 Å². The summed E-state index contributed by atoms with van der Waals surface area (Å²) in [6.45, 7) is 6.30. The van der Waals surface area contributed by atoms with E-state index in [2.05, 4.69) is 20.6 Å². The summed E-state index contributed by atoms with van der Waals surface area (Å²) < 4.78 is 12.9. The van der Waals surface area contributed by atoms with Crippen molar-refractivity contribution < 1.29 is 13.9 Å². The van der Waals surface area contributed by atoms with Crippen molar-refractivity contribution in [1.29, 1.82) is 0 Å². The maximum atomic E-state index is 12.7. The highest BCUT2D eigenvalue weighted by Crippen LogP contribution is 2.31. The molecule has 33 heavy (non-hydrogen) atoms. The molecule has 0 atom stereocenters. The predicted octanol–water partition coefficient (Wildman–Crippen LogP) is 4.48. The topological polar surface area (TPSA) is 121 Å². The lowest BCUT2D eigenvalue weighted by atomic mass is 10.2. The van der Waals surface area contributed by atoms with Crippen LogP contribution < -0.4 is 15.8 Å². The average molecular weight is 467 g/mol. The van der Waals surface area contributed by atoms with E-state index in [1.807, 2.05) is 44.2 Å². The molecule has 3 N–H and O–H groups in total. The number of aryl methyl sites for hydroxylation is 2. The zero-order valence-electron chi connectivity index (χ0n) is 18.4. The van der Waals surface area contributed by atoms with Crippen LogP contribution in [0.25, 0.3) is 11.5 Å². The molecule has 0 aliphatic heterocycles. The number of anilines is 2. The van der Waals surface area contributed by atoms with Gasteiger partial charge < -0.3 is 20.2 Å². The van der Waals surface area contributed by atoms with E-state index < -0.39 is 5.91 Å². The van der Waals surface area contributed by atoms with Crippen molar-refractivity contribution in [3.63, 3.8) is 0 Å². The number of oxazole rings is 1. The van der Waals surface area contributed by atoms with Crippen LogP contribution in [-0.2, 0) is 6.54 Å². The van der Waals surface area contributed by atoms with Gasteiger partial charge >= 0.3 is 0 Å². The quantitative estimate of drug-likeness (QED) is 0.411. The Balaban J connectivity index is 1.56. The molecule has 0 saturated carbocycles. The van der Waals surface area contributed by atoms with Crippen LogP contribution in [0.15, 0.2) is 46.9 Å². The molecule has 2 aromatic heterocycles.